The zero-order chi connectivity index (χ0) is 34.9. The number of hydrogen-bond acceptors (Lipinski definition) is 1. The minimum Gasteiger partial charge on any atom is -0.310 e. The SMILES string of the molecule is Fc1ccccc1-c1cccc2cccc(-c3cccc(N(c4cccc(-c5ccc(-c6ccccc6)cc5)c4)c4cccc5ccccc45)c3)c12. The molecule has 0 aromatic heterocycles. The Hall–Kier alpha value is -6.77. The summed E-state index contributed by atoms with van der Waals surface area (Å²) in [7, 11) is 0. The lowest BCUT2D eigenvalue weighted by molar-refractivity contribution is 0.631. The van der Waals surface area contributed by atoms with Gasteiger partial charge in [0.05, 0.1) is 5.69 Å². The molecule has 0 aliphatic carbocycles. The van der Waals surface area contributed by atoms with E-state index in [9.17, 15) is 0 Å². The molecule has 9 aromatic rings. The van der Waals surface area contributed by atoms with Gasteiger partial charge in [0.15, 0.2) is 0 Å². The van der Waals surface area contributed by atoms with Crippen LogP contribution in [0.25, 0.3) is 66.1 Å². The molecule has 0 spiro atoms. The lowest BCUT2D eigenvalue weighted by atomic mass is 9.91. The van der Waals surface area contributed by atoms with E-state index in [4.69, 9.17) is 0 Å². The molecule has 0 unspecified atom stereocenters. The van der Waals surface area contributed by atoms with Gasteiger partial charge in [0.25, 0.3) is 0 Å². The van der Waals surface area contributed by atoms with Crippen LogP contribution in [0.5, 0.6) is 0 Å². The highest BCUT2D eigenvalue weighted by atomic mass is 19.1. The third-order valence-electron chi connectivity index (χ3n) is 9.92. The van der Waals surface area contributed by atoms with Crippen molar-refractivity contribution in [3.8, 4) is 44.5 Å². The van der Waals surface area contributed by atoms with Crippen LogP contribution in [0, 0.1) is 5.82 Å². The first kappa shape index (κ1) is 31.2. The number of halogens is 1. The van der Waals surface area contributed by atoms with Gasteiger partial charge in [-0.1, -0.05) is 170 Å². The molecule has 0 saturated carbocycles. The van der Waals surface area contributed by atoms with Gasteiger partial charge in [-0.15, -0.1) is 0 Å². The predicted octanol–water partition coefficient (Wildman–Crippen LogP) is 14.3. The van der Waals surface area contributed by atoms with Gasteiger partial charge in [-0.2, -0.15) is 0 Å². The van der Waals surface area contributed by atoms with E-state index in [1.54, 1.807) is 6.07 Å². The molecule has 0 atom stereocenters. The molecule has 0 N–H and O–H groups in total. The van der Waals surface area contributed by atoms with Crippen molar-refractivity contribution in [1.82, 2.24) is 0 Å². The van der Waals surface area contributed by atoms with Gasteiger partial charge in [0, 0.05) is 22.3 Å². The molecule has 0 saturated heterocycles. The van der Waals surface area contributed by atoms with E-state index in [0.717, 1.165) is 55.7 Å². The van der Waals surface area contributed by atoms with Crippen molar-refractivity contribution in [3.05, 3.63) is 212 Å². The molecule has 0 fully saturated rings. The standard InChI is InChI=1S/C50H34FN/c51-48-27-7-6-24-46(48)47-26-11-18-39-17-10-25-45(50(39)47)41-20-9-22-43(34-41)52(49-28-12-16-38-15-4-5-23-44(38)49)42-21-8-19-40(33-42)37-31-29-36(30-32-37)35-13-2-1-3-14-35/h1-34H. The van der Waals surface area contributed by atoms with Gasteiger partial charge in [-0.25, -0.2) is 4.39 Å². The summed E-state index contributed by atoms with van der Waals surface area (Å²) < 4.78 is 15.3. The maximum Gasteiger partial charge on any atom is 0.131 e. The minimum atomic E-state index is -0.227. The highest BCUT2D eigenvalue weighted by Gasteiger charge is 2.18. The van der Waals surface area contributed by atoms with E-state index in [2.05, 4.69) is 169 Å². The largest absolute Gasteiger partial charge is 0.310 e. The molecule has 0 bridgehead atoms. The van der Waals surface area contributed by atoms with Crippen molar-refractivity contribution in [3.63, 3.8) is 0 Å². The van der Waals surface area contributed by atoms with Crippen LogP contribution in [0.1, 0.15) is 0 Å². The fourth-order valence-electron chi connectivity index (χ4n) is 7.44. The smallest absolute Gasteiger partial charge is 0.131 e. The van der Waals surface area contributed by atoms with Crippen LogP contribution in [-0.4, -0.2) is 0 Å². The lowest BCUT2D eigenvalue weighted by Crippen LogP contribution is -2.10. The molecule has 1 nitrogen and oxygen atoms in total. The number of fused-ring (bicyclic) bond motifs is 2. The van der Waals surface area contributed by atoms with E-state index >= 15 is 4.39 Å². The number of anilines is 3. The Morgan fingerprint density at radius 2 is 0.827 bits per heavy atom. The number of hydrogen-bond donors (Lipinski definition) is 0. The van der Waals surface area contributed by atoms with E-state index in [0.29, 0.717) is 5.56 Å². The molecule has 52 heavy (non-hydrogen) atoms. The normalized spacial score (nSPS) is 11.2. The molecular weight excluding hydrogens is 634 g/mol. The van der Waals surface area contributed by atoms with Crippen LogP contribution in [0.15, 0.2) is 206 Å². The molecule has 0 amide bonds. The number of nitrogens with zero attached hydrogens (tertiary/aromatic N) is 1. The van der Waals surface area contributed by atoms with Crippen LogP contribution in [-0.2, 0) is 0 Å². The summed E-state index contributed by atoms with van der Waals surface area (Å²) in [5.41, 5.74) is 11.5. The predicted molar refractivity (Wildman–Crippen MR) is 218 cm³/mol. The molecule has 2 heteroatoms. The average Bonchev–Trinajstić information content (AvgIpc) is 3.21. The second kappa shape index (κ2) is 13.5. The maximum atomic E-state index is 15.3. The topological polar surface area (TPSA) is 3.24 Å². The second-order valence-corrected chi connectivity index (χ2v) is 13.1. The van der Waals surface area contributed by atoms with Crippen molar-refractivity contribution in [2.24, 2.45) is 0 Å². The number of rotatable bonds is 7. The van der Waals surface area contributed by atoms with Gasteiger partial charge in [0.1, 0.15) is 5.82 Å². The minimum absolute atomic E-state index is 0.227. The van der Waals surface area contributed by atoms with E-state index in [1.807, 2.05) is 30.3 Å². The van der Waals surface area contributed by atoms with Gasteiger partial charge in [0.2, 0.25) is 0 Å². The van der Waals surface area contributed by atoms with Crippen molar-refractivity contribution in [2.45, 2.75) is 0 Å². The van der Waals surface area contributed by atoms with Crippen molar-refractivity contribution in [2.75, 3.05) is 4.90 Å². The van der Waals surface area contributed by atoms with Crippen molar-refractivity contribution >= 4 is 38.6 Å². The fraction of sp³-hybridized carbons (Fsp3) is 0. The Kier molecular flexibility index (Phi) is 8.11. The molecule has 0 heterocycles. The summed E-state index contributed by atoms with van der Waals surface area (Å²) in [6.45, 7) is 0. The average molecular weight is 668 g/mol. The molecule has 9 rings (SSSR count). The maximum absolute atomic E-state index is 15.3. The van der Waals surface area contributed by atoms with Crippen LogP contribution < -0.4 is 4.90 Å². The Morgan fingerprint density at radius 1 is 0.327 bits per heavy atom. The monoisotopic (exact) mass is 667 g/mol. The van der Waals surface area contributed by atoms with Crippen LogP contribution in [0.4, 0.5) is 21.5 Å². The lowest BCUT2D eigenvalue weighted by Gasteiger charge is -2.28. The van der Waals surface area contributed by atoms with Crippen LogP contribution in [0.3, 0.4) is 0 Å². The summed E-state index contributed by atoms with van der Waals surface area (Å²) in [5.74, 6) is -0.227. The zero-order valence-electron chi connectivity index (χ0n) is 28.5. The zero-order valence-corrected chi connectivity index (χ0v) is 28.5. The van der Waals surface area contributed by atoms with Gasteiger partial charge >= 0.3 is 0 Å². The van der Waals surface area contributed by atoms with Crippen LogP contribution >= 0.6 is 0 Å². The fourth-order valence-corrected chi connectivity index (χ4v) is 7.44. The number of benzene rings is 9. The molecule has 0 radical (unpaired) electrons. The van der Waals surface area contributed by atoms with E-state index < -0.39 is 0 Å². The molecular formula is C50H34FN. The summed E-state index contributed by atoms with van der Waals surface area (Å²) in [5, 5.41) is 4.45. The van der Waals surface area contributed by atoms with E-state index in [1.165, 1.54) is 28.0 Å². The van der Waals surface area contributed by atoms with Crippen LogP contribution in [0.2, 0.25) is 0 Å². The van der Waals surface area contributed by atoms with Crippen molar-refractivity contribution in [1.29, 1.82) is 0 Å². The third-order valence-corrected chi connectivity index (χ3v) is 9.92. The Bertz CT molecular complexity index is 2680. The van der Waals surface area contributed by atoms with Crippen molar-refractivity contribution < 1.29 is 4.39 Å². The summed E-state index contributed by atoms with van der Waals surface area (Å²) in [4.78, 5) is 2.36. The quantitative estimate of drug-likeness (QED) is 0.163. The third kappa shape index (κ3) is 5.81. The molecule has 246 valence electrons. The molecule has 0 aliphatic rings. The first-order valence-corrected chi connectivity index (χ1v) is 17.6. The molecule has 9 aromatic carbocycles. The Morgan fingerprint density at radius 3 is 1.60 bits per heavy atom. The highest BCUT2D eigenvalue weighted by molar-refractivity contribution is 6.07. The van der Waals surface area contributed by atoms with Gasteiger partial charge < -0.3 is 4.90 Å². The summed E-state index contributed by atoms with van der Waals surface area (Å²) in [6.07, 6.45) is 0. The first-order chi connectivity index (χ1) is 25.7. The second-order valence-electron chi connectivity index (χ2n) is 13.1. The highest BCUT2D eigenvalue weighted by Crippen LogP contribution is 2.43. The summed E-state index contributed by atoms with van der Waals surface area (Å²) in [6, 6.07) is 71.3. The van der Waals surface area contributed by atoms with E-state index in [-0.39, 0.29) is 5.82 Å². The Balaban J connectivity index is 1.20. The molecule has 0 aliphatic heterocycles. The first-order valence-electron chi connectivity index (χ1n) is 17.6. The summed E-state index contributed by atoms with van der Waals surface area (Å²) >= 11 is 0. The van der Waals surface area contributed by atoms with Gasteiger partial charge in [-0.05, 0) is 91.5 Å². The van der Waals surface area contributed by atoms with Gasteiger partial charge in [-0.3, -0.25) is 0 Å². The Labute approximate surface area is 303 Å².